The van der Waals surface area contributed by atoms with E-state index >= 15 is 0 Å². The van der Waals surface area contributed by atoms with Crippen molar-refractivity contribution >= 4 is 12.2 Å². The Morgan fingerprint density at radius 1 is 1.62 bits per heavy atom. The normalized spacial score (nSPS) is 9.12. The molecule has 1 rings (SSSR count). The van der Waals surface area contributed by atoms with Crippen LogP contribution in [0, 0.1) is 10.3 Å². The first kappa shape index (κ1) is 5.44. The van der Waals surface area contributed by atoms with Gasteiger partial charge in [-0.15, -0.1) is 0 Å². The Bertz CT molecular complexity index is 230. The summed E-state index contributed by atoms with van der Waals surface area (Å²) in [6.45, 7) is 0. The van der Waals surface area contributed by atoms with Crippen LogP contribution in [0.4, 0.5) is 4.39 Å². The molecule has 1 aromatic rings. The van der Waals surface area contributed by atoms with Crippen molar-refractivity contribution < 1.29 is 4.39 Å². The second-order valence-corrected chi connectivity index (χ2v) is 1.80. The zero-order valence-electron chi connectivity index (χ0n) is 4.02. The van der Waals surface area contributed by atoms with Crippen LogP contribution in [-0.2, 0) is 0 Å². The number of aromatic nitrogens is 1. The van der Waals surface area contributed by atoms with Gasteiger partial charge in [0.1, 0.15) is 0 Å². The van der Waals surface area contributed by atoms with E-state index in [1.165, 1.54) is 12.3 Å². The molecule has 8 heavy (non-hydrogen) atoms. The Labute approximate surface area is 51.2 Å². The molecule has 1 nitrogen and oxygen atoms in total. The first-order valence-corrected chi connectivity index (χ1v) is 2.54. The minimum atomic E-state index is -0.373. The van der Waals surface area contributed by atoms with E-state index in [1.807, 2.05) is 0 Å². The predicted molar refractivity (Wildman–Crippen MR) is 31.6 cm³/mol. The van der Waals surface area contributed by atoms with E-state index in [1.54, 1.807) is 6.20 Å². The number of hydrogen-bond donors (Lipinski definition) is 1. The fourth-order valence-electron chi connectivity index (χ4n) is 0.396. The lowest BCUT2D eigenvalue weighted by Crippen LogP contribution is -1.74. The standard InChI is InChI=1S/C5H4FNS/c6-4-3-7-2-1-5(4)8/h1-3H,(H,7,8). The average Bonchev–Trinajstić information content (AvgIpc) is 1.77. The van der Waals surface area contributed by atoms with Crippen molar-refractivity contribution in [2.45, 2.75) is 0 Å². The lowest BCUT2D eigenvalue weighted by atomic mass is 10.5. The summed E-state index contributed by atoms with van der Waals surface area (Å²) >= 11 is 4.56. The molecular weight excluding hydrogens is 125 g/mol. The molecule has 0 spiro atoms. The Morgan fingerprint density at radius 2 is 2.38 bits per heavy atom. The molecular formula is C5H4FNS. The summed E-state index contributed by atoms with van der Waals surface area (Å²) < 4.78 is 12.4. The van der Waals surface area contributed by atoms with Gasteiger partial charge in [0.2, 0.25) is 0 Å². The van der Waals surface area contributed by atoms with Crippen LogP contribution in [0.15, 0.2) is 18.5 Å². The van der Waals surface area contributed by atoms with Gasteiger partial charge in [0.05, 0.1) is 4.51 Å². The molecule has 3 heteroatoms. The third-order valence-corrected chi connectivity index (χ3v) is 1.11. The molecule has 0 aliphatic carbocycles. The lowest BCUT2D eigenvalue weighted by molar-refractivity contribution is 0.617. The van der Waals surface area contributed by atoms with Crippen LogP contribution in [0.5, 0.6) is 0 Å². The van der Waals surface area contributed by atoms with E-state index in [-0.39, 0.29) is 10.3 Å². The van der Waals surface area contributed by atoms with Gasteiger partial charge in [-0.25, -0.2) is 4.39 Å². The van der Waals surface area contributed by atoms with E-state index in [4.69, 9.17) is 0 Å². The van der Waals surface area contributed by atoms with Gasteiger partial charge in [0.25, 0.3) is 0 Å². The molecule has 42 valence electrons. The minimum absolute atomic E-state index is 0.253. The summed E-state index contributed by atoms with van der Waals surface area (Å²) in [6.07, 6.45) is 2.81. The molecule has 1 N–H and O–H groups in total. The van der Waals surface area contributed by atoms with Crippen molar-refractivity contribution in [1.82, 2.24) is 4.98 Å². The Balaban J connectivity index is 3.35. The zero-order chi connectivity index (χ0) is 5.98. The number of H-pyrrole nitrogens is 1. The zero-order valence-corrected chi connectivity index (χ0v) is 4.83. The van der Waals surface area contributed by atoms with Gasteiger partial charge in [-0.1, -0.05) is 12.2 Å². The SMILES string of the molecule is Fc1c[nH]ccc1=S. The van der Waals surface area contributed by atoms with Gasteiger partial charge in [0.15, 0.2) is 5.82 Å². The van der Waals surface area contributed by atoms with Crippen LogP contribution in [0.25, 0.3) is 0 Å². The van der Waals surface area contributed by atoms with Crippen molar-refractivity contribution in [2.75, 3.05) is 0 Å². The van der Waals surface area contributed by atoms with Gasteiger partial charge in [-0.2, -0.15) is 0 Å². The Morgan fingerprint density at radius 3 is 2.75 bits per heavy atom. The van der Waals surface area contributed by atoms with Gasteiger partial charge in [0, 0.05) is 12.4 Å². The molecule has 1 heterocycles. The fourth-order valence-corrected chi connectivity index (χ4v) is 0.523. The highest BCUT2D eigenvalue weighted by Gasteiger charge is 1.85. The first-order valence-electron chi connectivity index (χ1n) is 2.13. The molecule has 0 aliphatic rings. The minimum Gasteiger partial charge on any atom is -0.365 e. The van der Waals surface area contributed by atoms with Crippen molar-refractivity contribution in [1.29, 1.82) is 0 Å². The summed E-state index contributed by atoms with van der Waals surface area (Å²) in [5.74, 6) is -0.373. The fraction of sp³-hybridized carbons (Fsp3) is 0. The van der Waals surface area contributed by atoms with Gasteiger partial charge >= 0.3 is 0 Å². The molecule has 0 saturated heterocycles. The summed E-state index contributed by atoms with van der Waals surface area (Å²) in [5, 5.41) is 0. The first-order chi connectivity index (χ1) is 3.80. The maximum absolute atomic E-state index is 12.2. The quantitative estimate of drug-likeness (QED) is 0.529. The topological polar surface area (TPSA) is 15.8 Å². The Hall–Kier alpha value is -0.700. The third-order valence-electron chi connectivity index (χ3n) is 0.776. The summed E-state index contributed by atoms with van der Waals surface area (Å²) in [6, 6.07) is 1.50. The lowest BCUT2D eigenvalue weighted by Gasteiger charge is -1.82. The number of aromatic amines is 1. The van der Waals surface area contributed by atoms with Crippen LogP contribution < -0.4 is 0 Å². The molecule has 1 aromatic heterocycles. The van der Waals surface area contributed by atoms with E-state index in [0.717, 1.165) is 0 Å². The Kier molecular flexibility index (Phi) is 1.39. The van der Waals surface area contributed by atoms with E-state index in [0.29, 0.717) is 0 Å². The maximum Gasteiger partial charge on any atom is 0.157 e. The van der Waals surface area contributed by atoms with Crippen LogP contribution in [0.3, 0.4) is 0 Å². The number of nitrogens with one attached hydrogen (secondary N) is 1. The average molecular weight is 129 g/mol. The molecule has 0 unspecified atom stereocenters. The van der Waals surface area contributed by atoms with E-state index in [2.05, 4.69) is 17.2 Å². The predicted octanol–water partition coefficient (Wildman–Crippen LogP) is 1.88. The molecule has 0 amide bonds. The van der Waals surface area contributed by atoms with Gasteiger partial charge < -0.3 is 4.98 Å². The van der Waals surface area contributed by atoms with E-state index in [9.17, 15) is 4.39 Å². The second kappa shape index (κ2) is 2.05. The highest BCUT2D eigenvalue weighted by Crippen LogP contribution is 1.94. The monoisotopic (exact) mass is 129 g/mol. The molecule has 0 fully saturated rings. The number of rotatable bonds is 0. The number of pyridine rings is 1. The highest BCUT2D eigenvalue weighted by atomic mass is 32.1. The largest absolute Gasteiger partial charge is 0.365 e. The maximum atomic E-state index is 12.2. The molecule has 0 aromatic carbocycles. The smallest absolute Gasteiger partial charge is 0.157 e. The van der Waals surface area contributed by atoms with Crippen molar-refractivity contribution in [2.24, 2.45) is 0 Å². The van der Waals surface area contributed by atoms with Crippen LogP contribution in [0.2, 0.25) is 0 Å². The summed E-state index contributed by atoms with van der Waals surface area (Å²) in [5.41, 5.74) is 0. The summed E-state index contributed by atoms with van der Waals surface area (Å²) in [4.78, 5) is 2.56. The van der Waals surface area contributed by atoms with Crippen molar-refractivity contribution in [3.8, 4) is 0 Å². The number of halogens is 1. The van der Waals surface area contributed by atoms with Crippen LogP contribution in [0.1, 0.15) is 0 Å². The molecule has 0 bridgehead atoms. The molecule has 0 atom stereocenters. The van der Waals surface area contributed by atoms with Crippen LogP contribution in [-0.4, -0.2) is 4.98 Å². The van der Waals surface area contributed by atoms with Crippen molar-refractivity contribution in [3.05, 3.63) is 28.8 Å². The van der Waals surface area contributed by atoms with Gasteiger partial charge in [-0.3, -0.25) is 0 Å². The van der Waals surface area contributed by atoms with Crippen molar-refractivity contribution in [3.63, 3.8) is 0 Å². The number of hydrogen-bond acceptors (Lipinski definition) is 1. The van der Waals surface area contributed by atoms with Crippen LogP contribution >= 0.6 is 12.2 Å². The van der Waals surface area contributed by atoms with Gasteiger partial charge in [-0.05, 0) is 6.07 Å². The molecule has 0 radical (unpaired) electrons. The third kappa shape index (κ3) is 0.924. The molecule has 0 saturated carbocycles. The highest BCUT2D eigenvalue weighted by molar-refractivity contribution is 7.71. The second-order valence-electron chi connectivity index (χ2n) is 1.36. The molecule has 0 aliphatic heterocycles. The van der Waals surface area contributed by atoms with E-state index < -0.39 is 0 Å². The summed E-state index contributed by atoms with van der Waals surface area (Å²) in [7, 11) is 0.